The van der Waals surface area contributed by atoms with E-state index in [0.29, 0.717) is 0 Å². The molecule has 1 fully saturated rings. The van der Waals surface area contributed by atoms with Gasteiger partial charge in [-0.15, -0.1) is 0 Å². The van der Waals surface area contributed by atoms with E-state index in [1.807, 2.05) is 52.0 Å². The molecule has 1 saturated heterocycles. The Balaban J connectivity index is 2.54. The smallest absolute Gasteiger partial charge is 0.399 e. The quantitative estimate of drug-likeness (QED) is 0.754. The first-order valence-electron chi connectivity index (χ1n) is 6.55. The molecular formula is C16H21BO2. The Labute approximate surface area is 115 Å². The van der Waals surface area contributed by atoms with Crippen LogP contribution in [0.15, 0.2) is 36.9 Å². The standard InChI is InChI=1S/C16H21BO2/c1-7-14(13-11-9-8-10-12(13)2)17-18-15(3,4)16(5,6)19-17/h7-11H,1-2H2,3-6H3/b14-13+. The molecule has 0 atom stereocenters. The summed E-state index contributed by atoms with van der Waals surface area (Å²) in [5, 5.41) is 1.98. The minimum absolute atomic E-state index is 0.345. The second-order valence-corrected chi connectivity index (χ2v) is 5.90. The highest BCUT2D eigenvalue weighted by Crippen LogP contribution is 2.38. The molecule has 0 unspecified atom stereocenters. The lowest BCUT2D eigenvalue weighted by Crippen LogP contribution is -2.41. The topological polar surface area (TPSA) is 18.5 Å². The van der Waals surface area contributed by atoms with Gasteiger partial charge in [0.15, 0.2) is 0 Å². The van der Waals surface area contributed by atoms with E-state index >= 15 is 0 Å². The highest BCUT2D eigenvalue weighted by Gasteiger charge is 2.52. The third-order valence-corrected chi connectivity index (χ3v) is 4.06. The van der Waals surface area contributed by atoms with Crippen molar-refractivity contribution in [2.24, 2.45) is 0 Å². The summed E-state index contributed by atoms with van der Waals surface area (Å²) in [4.78, 5) is 0. The fourth-order valence-electron chi connectivity index (χ4n) is 2.11. The SMILES string of the molecule is C=C/C(B1OC(C)(C)C(C)(C)O1)=c1/ccccc1=C. The van der Waals surface area contributed by atoms with Crippen LogP contribution in [0.3, 0.4) is 0 Å². The van der Waals surface area contributed by atoms with Gasteiger partial charge < -0.3 is 9.31 Å². The normalized spacial score (nSPS) is 22.2. The summed E-state index contributed by atoms with van der Waals surface area (Å²) in [6.07, 6.45) is 1.80. The largest absolute Gasteiger partial charge is 0.495 e. The molecule has 0 saturated carbocycles. The second kappa shape index (κ2) is 4.66. The minimum Gasteiger partial charge on any atom is -0.399 e. The van der Waals surface area contributed by atoms with Gasteiger partial charge in [0.2, 0.25) is 0 Å². The third kappa shape index (κ3) is 2.40. The lowest BCUT2D eigenvalue weighted by atomic mass is 9.76. The Hall–Kier alpha value is -1.32. The summed E-state index contributed by atoms with van der Waals surface area (Å²) in [6, 6.07) is 7.95. The average molecular weight is 256 g/mol. The summed E-state index contributed by atoms with van der Waals surface area (Å²) in [6.45, 7) is 16.1. The second-order valence-electron chi connectivity index (χ2n) is 5.90. The van der Waals surface area contributed by atoms with Crippen LogP contribution >= 0.6 is 0 Å². The predicted octanol–water partition coefficient (Wildman–Crippen LogP) is 2.06. The van der Waals surface area contributed by atoms with Gasteiger partial charge in [0, 0.05) is 0 Å². The summed E-state index contributed by atoms with van der Waals surface area (Å²) in [7, 11) is -0.398. The van der Waals surface area contributed by atoms with Crippen LogP contribution in [0.1, 0.15) is 27.7 Å². The van der Waals surface area contributed by atoms with Gasteiger partial charge in [-0.25, -0.2) is 0 Å². The zero-order valence-electron chi connectivity index (χ0n) is 12.2. The molecule has 1 aromatic carbocycles. The molecule has 19 heavy (non-hydrogen) atoms. The molecule has 0 aromatic heterocycles. The van der Waals surface area contributed by atoms with E-state index in [1.165, 1.54) is 0 Å². The molecule has 0 spiro atoms. The van der Waals surface area contributed by atoms with E-state index in [2.05, 4.69) is 13.2 Å². The third-order valence-electron chi connectivity index (χ3n) is 4.06. The van der Waals surface area contributed by atoms with E-state index in [9.17, 15) is 0 Å². The predicted molar refractivity (Wildman–Crippen MR) is 80.9 cm³/mol. The Morgan fingerprint density at radius 3 is 2.11 bits per heavy atom. The maximum atomic E-state index is 6.07. The number of hydrogen-bond donors (Lipinski definition) is 0. The molecule has 1 aliphatic rings. The van der Waals surface area contributed by atoms with Crippen LogP contribution in [0.5, 0.6) is 0 Å². The molecule has 2 nitrogen and oxygen atoms in total. The number of rotatable bonds is 2. The summed E-state index contributed by atoms with van der Waals surface area (Å²) < 4.78 is 12.1. The van der Waals surface area contributed by atoms with Crippen LogP contribution in [0.2, 0.25) is 0 Å². The van der Waals surface area contributed by atoms with Gasteiger partial charge >= 0.3 is 7.12 Å². The number of hydrogen-bond acceptors (Lipinski definition) is 2. The molecular weight excluding hydrogens is 235 g/mol. The van der Waals surface area contributed by atoms with Gasteiger partial charge in [-0.2, -0.15) is 0 Å². The Kier molecular flexibility index (Phi) is 3.46. The molecule has 0 aliphatic carbocycles. The molecule has 0 amide bonds. The molecule has 0 bridgehead atoms. The fourth-order valence-corrected chi connectivity index (χ4v) is 2.11. The van der Waals surface area contributed by atoms with E-state index in [-0.39, 0.29) is 11.2 Å². The molecule has 3 heteroatoms. The van der Waals surface area contributed by atoms with Crippen molar-refractivity contribution in [3.05, 3.63) is 47.4 Å². The molecule has 2 rings (SSSR count). The maximum Gasteiger partial charge on any atom is 0.495 e. The summed E-state index contributed by atoms with van der Waals surface area (Å²) in [5.74, 6) is 0. The lowest BCUT2D eigenvalue weighted by molar-refractivity contribution is 0.00578. The van der Waals surface area contributed by atoms with E-state index in [0.717, 1.165) is 15.9 Å². The van der Waals surface area contributed by atoms with Crippen LogP contribution in [-0.2, 0) is 9.31 Å². The minimum atomic E-state index is -0.398. The lowest BCUT2D eigenvalue weighted by Gasteiger charge is -2.32. The molecule has 1 aromatic rings. The average Bonchev–Trinajstić information content (AvgIpc) is 2.51. The van der Waals surface area contributed by atoms with Crippen molar-refractivity contribution in [2.75, 3.05) is 0 Å². The first kappa shape index (κ1) is 14.1. The van der Waals surface area contributed by atoms with Gasteiger partial charge in [0.1, 0.15) is 0 Å². The molecule has 1 heterocycles. The van der Waals surface area contributed by atoms with Gasteiger partial charge in [0.05, 0.1) is 11.2 Å². The van der Waals surface area contributed by atoms with Crippen molar-refractivity contribution < 1.29 is 9.31 Å². The molecule has 1 aliphatic heterocycles. The van der Waals surface area contributed by atoms with Crippen LogP contribution in [0, 0.1) is 0 Å². The van der Waals surface area contributed by atoms with Gasteiger partial charge in [0.25, 0.3) is 0 Å². The van der Waals surface area contributed by atoms with Crippen molar-refractivity contribution in [1.82, 2.24) is 0 Å². The molecule has 100 valence electrons. The summed E-state index contributed by atoms with van der Waals surface area (Å²) >= 11 is 0. The summed E-state index contributed by atoms with van der Waals surface area (Å²) in [5.41, 5.74) is 0.244. The Morgan fingerprint density at radius 1 is 1.11 bits per heavy atom. The van der Waals surface area contributed by atoms with Crippen molar-refractivity contribution in [1.29, 1.82) is 0 Å². The van der Waals surface area contributed by atoms with Crippen molar-refractivity contribution in [2.45, 2.75) is 38.9 Å². The van der Waals surface area contributed by atoms with E-state index in [4.69, 9.17) is 9.31 Å². The first-order chi connectivity index (χ1) is 8.78. The fraction of sp³-hybridized carbons (Fsp3) is 0.375. The highest BCUT2D eigenvalue weighted by atomic mass is 16.7. The van der Waals surface area contributed by atoms with Gasteiger partial charge in [-0.3, -0.25) is 0 Å². The zero-order chi connectivity index (χ0) is 14.3. The zero-order valence-corrected chi connectivity index (χ0v) is 12.2. The van der Waals surface area contributed by atoms with Gasteiger partial charge in [-0.05, 0) is 43.6 Å². The number of allylic oxidation sites excluding steroid dienone is 1. The van der Waals surface area contributed by atoms with E-state index < -0.39 is 7.12 Å². The monoisotopic (exact) mass is 256 g/mol. The molecule has 0 radical (unpaired) electrons. The van der Waals surface area contributed by atoms with Crippen molar-refractivity contribution in [3.8, 4) is 0 Å². The van der Waals surface area contributed by atoms with Crippen LogP contribution in [0.4, 0.5) is 0 Å². The number of benzene rings is 1. The Bertz CT molecular complexity index is 585. The van der Waals surface area contributed by atoms with Crippen LogP contribution in [0.25, 0.3) is 12.1 Å². The van der Waals surface area contributed by atoms with Crippen LogP contribution in [-0.4, -0.2) is 18.3 Å². The van der Waals surface area contributed by atoms with Crippen LogP contribution < -0.4 is 10.4 Å². The van der Waals surface area contributed by atoms with Crippen molar-refractivity contribution >= 4 is 19.2 Å². The maximum absolute atomic E-state index is 6.07. The van der Waals surface area contributed by atoms with Crippen molar-refractivity contribution in [3.63, 3.8) is 0 Å². The molecule has 0 N–H and O–H groups in total. The highest BCUT2D eigenvalue weighted by molar-refractivity contribution is 6.68. The first-order valence-corrected chi connectivity index (χ1v) is 6.55. The Morgan fingerprint density at radius 2 is 1.63 bits per heavy atom. The van der Waals surface area contributed by atoms with E-state index in [1.54, 1.807) is 6.08 Å². The van der Waals surface area contributed by atoms with Gasteiger partial charge in [-0.1, -0.05) is 43.5 Å².